The highest BCUT2D eigenvalue weighted by Gasteiger charge is 2.10. The van der Waals surface area contributed by atoms with Crippen molar-refractivity contribution in [1.29, 1.82) is 0 Å². The summed E-state index contributed by atoms with van der Waals surface area (Å²) in [7, 11) is 1.72. The molecule has 0 bridgehead atoms. The molecule has 8 heteroatoms. The molecule has 28 heavy (non-hydrogen) atoms. The maximum absolute atomic E-state index is 12.3. The molecule has 0 atom stereocenters. The molecule has 0 aliphatic carbocycles. The number of benzene rings is 2. The molecule has 140 valence electrons. The zero-order valence-electron chi connectivity index (χ0n) is 15.0. The summed E-state index contributed by atoms with van der Waals surface area (Å²) < 4.78 is 3.24. The van der Waals surface area contributed by atoms with Crippen molar-refractivity contribution in [1.82, 2.24) is 24.5 Å². The van der Waals surface area contributed by atoms with E-state index in [1.807, 2.05) is 60.8 Å². The highest BCUT2D eigenvalue weighted by atomic mass is 35.5. The summed E-state index contributed by atoms with van der Waals surface area (Å²) in [5.41, 5.74) is 3.15. The van der Waals surface area contributed by atoms with Gasteiger partial charge in [-0.15, -0.1) is 5.10 Å². The number of thioether (sulfide) groups is 1. The van der Waals surface area contributed by atoms with Crippen molar-refractivity contribution in [2.45, 2.75) is 10.9 Å². The van der Waals surface area contributed by atoms with Crippen LogP contribution in [0.5, 0.6) is 0 Å². The summed E-state index contributed by atoms with van der Waals surface area (Å²) in [4.78, 5) is 17.0. The first-order valence-corrected chi connectivity index (χ1v) is 9.90. The summed E-state index contributed by atoms with van der Waals surface area (Å²) >= 11 is 7.37. The smallest absolute Gasteiger partial charge is 0.254 e. The van der Waals surface area contributed by atoms with Crippen LogP contribution in [0.25, 0.3) is 16.9 Å². The topological polar surface area (TPSA) is 65.6 Å². The van der Waals surface area contributed by atoms with Crippen LogP contribution in [-0.4, -0.2) is 24.5 Å². The fourth-order valence-electron chi connectivity index (χ4n) is 2.63. The second-order valence-electron chi connectivity index (χ2n) is 6.11. The molecular weight excluding hydrogens is 394 g/mol. The molecule has 0 unspecified atom stereocenters. The van der Waals surface area contributed by atoms with Crippen molar-refractivity contribution < 1.29 is 0 Å². The molecule has 0 N–H and O–H groups in total. The van der Waals surface area contributed by atoms with E-state index in [9.17, 15) is 4.79 Å². The van der Waals surface area contributed by atoms with E-state index in [0.29, 0.717) is 21.6 Å². The Morgan fingerprint density at radius 3 is 2.57 bits per heavy atom. The van der Waals surface area contributed by atoms with E-state index in [1.54, 1.807) is 22.4 Å². The van der Waals surface area contributed by atoms with Gasteiger partial charge in [-0.3, -0.25) is 9.36 Å². The number of hydrogen-bond acceptors (Lipinski definition) is 5. The first kappa shape index (κ1) is 18.5. The molecule has 0 saturated heterocycles. The van der Waals surface area contributed by atoms with Gasteiger partial charge in [0.15, 0.2) is 5.16 Å². The summed E-state index contributed by atoms with van der Waals surface area (Å²) in [6.07, 6.45) is 1.86. The van der Waals surface area contributed by atoms with Gasteiger partial charge in [-0.1, -0.05) is 58.9 Å². The average molecular weight is 410 g/mol. The minimum Gasteiger partial charge on any atom is -0.291 e. The van der Waals surface area contributed by atoms with E-state index in [-0.39, 0.29) is 5.56 Å². The molecule has 2 aromatic heterocycles. The van der Waals surface area contributed by atoms with Gasteiger partial charge < -0.3 is 0 Å². The Labute approximate surface area is 170 Å². The van der Waals surface area contributed by atoms with Gasteiger partial charge in [-0.25, -0.2) is 9.67 Å². The third kappa shape index (κ3) is 4.00. The van der Waals surface area contributed by atoms with Crippen LogP contribution in [0.15, 0.2) is 76.8 Å². The molecule has 4 aromatic rings. The van der Waals surface area contributed by atoms with Crippen LogP contribution >= 0.6 is 23.4 Å². The Kier molecular flexibility index (Phi) is 5.27. The zero-order chi connectivity index (χ0) is 19.5. The van der Waals surface area contributed by atoms with Gasteiger partial charge in [-0.05, 0) is 24.3 Å². The number of aromatic nitrogens is 5. The molecule has 0 radical (unpaired) electrons. The van der Waals surface area contributed by atoms with E-state index in [0.717, 1.165) is 16.9 Å². The fraction of sp³-hybridized carbons (Fsp3) is 0.100. The number of hydrogen-bond donors (Lipinski definition) is 0. The number of rotatable bonds is 5. The van der Waals surface area contributed by atoms with Crippen LogP contribution in [-0.2, 0) is 12.8 Å². The van der Waals surface area contributed by atoms with E-state index >= 15 is 0 Å². The molecule has 6 nitrogen and oxygen atoms in total. The lowest BCUT2D eigenvalue weighted by Gasteiger charge is -2.08. The number of halogens is 1. The van der Waals surface area contributed by atoms with E-state index in [2.05, 4.69) is 15.3 Å². The van der Waals surface area contributed by atoms with Crippen LogP contribution in [0.3, 0.4) is 0 Å². The molecule has 0 saturated carbocycles. The largest absolute Gasteiger partial charge is 0.291 e. The second kappa shape index (κ2) is 8.00. The highest BCUT2D eigenvalue weighted by Crippen LogP contribution is 2.22. The minimum atomic E-state index is -0.0961. The first-order chi connectivity index (χ1) is 13.6. The van der Waals surface area contributed by atoms with Crippen LogP contribution in [0.1, 0.15) is 5.69 Å². The maximum atomic E-state index is 12.3. The third-order valence-corrected chi connectivity index (χ3v) is 5.46. The van der Waals surface area contributed by atoms with Crippen LogP contribution in [0.4, 0.5) is 0 Å². The van der Waals surface area contributed by atoms with Crippen LogP contribution < -0.4 is 5.56 Å². The molecule has 0 fully saturated rings. The van der Waals surface area contributed by atoms with Gasteiger partial charge in [0, 0.05) is 29.5 Å². The van der Waals surface area contributed by atoms with Crippen LogP contribution in [0.2, 0.25) is 5.02 Å². The lowest BCUT2D eigenvalue weighted by atomic mass is 10.1. The van der Waals surface area contributed by atoms with Gasteiger partial charge >= 0.3 is 0 Å². The van der Waals surface area contributed by atoms with Crippen molar-refractivity contribution in [2.75, 3.05) is 0 Å². The van der Waals surface area contributed by atoms with Crippen molar-refractivity contribution in [3.05, 3.63) is 87.9 Å². The lowest BCUT2D eigenvalue weighted by molar-refractivity contribution is 0.711. The normalized spacial score (nSPS) is 10.9. The van der Waals surface area contributed by atoms with E-state index < -0.39 is 0 Å². The monoisotopic (exact) mass is 409 g/mol. The minimum absolute atomic E-state index is 0.0961. The van der Waals surface area contributed by atoms with E-state index in [4.69, 9.17) is 11.6 Å². The molecule has 4 rings (SSSR count). The Balaban J connectivity index is 1.54. The summed E-state index contributed by atoms with van der Waals surface area (Å²) in [6.45, 7) is 0. The van der Waals surface area contributed by atoms with Gasteiger partial charge in [-0.2, -0.15) is 0 Å². The molecule has 0 aliphatic heterocycles. The highest BCUT2D eigenvalue weighted by molar-refractivity contribution is 7.98. The standard InChI is InChI=1S/C20H16ClN5OS/c1-25-19(27)11-18(14-5-3-2-4-6-14)22-20(25)28-13-16-12-26(24-23-16)17-9-7-15(21)8-10-17/h2-12H,13H2,1H3. The van der Waals surface area contributed by atoms with E-state index in [1.165, 1.54) is 11.8 Å². The molecular formula is C20H16ClN5OS. The van der Waals surface area contributed by atoms with Crippen LogP contribution in [0, 0.1) is 0 Å². The quantitative estimate of drug-likeness (QED) is 0.368. The SMILES string of the molecule is Cn1c(SCc2cn(-c3ccc(Cl)cc3)nn2)nc(-c2ccccc2)cc1=O. The van der Waals surface area contributed by atoms with Crippen molar-refractivity contribution in [2.24, 2.45) is 7.05 Å². The van der Waals surface area contributed by atoms with Crippen molar-refractivity contribution >= 4 is 23.4 Å². The molecule has 0 aliphatic rings. The summed E-state index contributed by atoms with van der Waals surface area (Å²) in [6, 6.07) is 18.6. The van der Waals surface area contributed by atoms with Gasteiger partial charge in [0.05, 0.1) is 23.3 Å². The maximum Gasteiger partial charge on any atom is 0.254 e. The summed E-state index contributed by atoms with van der Waals surface area (Å²) in [5.74, 6) is 0.548. The second-order valence-corrected chi connectivity index (χ2v) is 7.49. The fourth-order valence-corrected chi connectivity index (χ4v) is 3.61. The zero-order valence-corrected chi connectivity index (χ0v) is 16.6. The number of nitrogens with zero attached hydrogens (tertiary/aromatic N) is 5. The third-order valence-electron chi connectivity index (χ3n) is 4.14. The predicted octanol–water partition coefficient (Wildman–Crippen LogP) is 3.97. The predicted molar refractivity (Wildman–Crippen MR) is 111 cm³/mol. The molecule has 2 aromatic carbocycles. The molecule has 2 heterocycles. The average Bonchev–Trinajstić information content (AvgIpc) is 3.19. The van der Waals surface area contributed by atoms with Gasteiger partial charge in [0.2, 0.25) is 0 Å². The lowest BCUT2D eigenvalue weighted by Crippen LogP contribution is -2.19. The van der Waals surface area contributed by atoms with Crippen molar-refractivity contribution in [3.8, 4) is 16.9 Å². The Morgan fingerprint density at radius 2 is 1.82 bits per heavy atom. The Hall–Kier alpha value is -2.90. The first-order valence-electron chi connectivity index (χ1n) is 8.53. The Morgan fingerprint density at radius 1 is 1.07 bits per heavy atom. The van der Waals surface area contributed by atoms with Gasteiger partial charge in [0.1, 0.15) is 0 Å². The molecule has 0 amide bonds. The molecule has 0 spiro atoms. The van der Waals surface area contributed by atoms with Gasteiger partial charge in [0.25, 0.3) is 5.56 Å². The summed E-state index contributed by atoms with van der Waals surface area (Å²) in [5, 5.41) is 9.66. The van der Waals surface area contributed by atoms with Crippen molar-refractivity contribution in [3.63, 3.8) is 0 Å². The Bertz CT molecular complexity index is 1160.